The molecule has 1 rings (SSSR count). The van der Waals surface area contributed by atoms with Crippen LogP contribution in [0.15, 0.2) is 36.5 Å². The van der Waals surface area contributed by atoms with E-state index in [1.807, 2.05) is 12.2 Å². The number of carbonyl (C=O) groups is 2. The van der Waals surface area contributed by atoms with Crippen molar-refractivity contribution in [2.24, 2.45) is 0 Å². The van der Waals surface area contributed by atoms with E-state index in [0.717, 1.165) is 38.5 Å². The van der Waals surface area contributed by atoms with Crippen molar-refractivity contribution in [3.8, 4) is 0 Å². The Labute approximate surface area is 380 Å². The van der Waals surface area contributed by atoms with Gasteiger partial charge >= 0.3 is 19.8 Å². The SMILES string of the molecule is CCCCCCCC/C=C/C/C=C/C/C=C/CCCC(=O)O[C@@H](COC(=O)CCCCCCCCCCCCCCCCCCC)COP(=O)(O)OC1C(O)C(O)C(O)[C@H](O)C1O. The molecular weight excluding hydrogens is 828 g/mol. The lowest BCUT2D eigenvalue weighted by atomic mass is 9.85. The van der Waals surface area contributed by atoms with Crippen molar-refractivity contribution in [3.63, 3.8) is 0 Å². The van der Waals surface area contributed by atoms with Gasteiger partial charge in [0, 0.05) is 12.8 Å². The molecule has 14 heteroatoms. The Morgan fingerprint density at radius 1 is 0.492 bits per heavy atom. The predicted molar refractivity (Wildman–Crippen MR) is 249 cm³/mol. The summed E-state index contributed by atoms with van der Waals surface area (Å²) in [4.78, 5) is 35.7. The van der Waals surface area contributed by atoms with Crippen molar-refractivity contribution in [2.45, 2.75) is 249 Å². The average Bonchev–Trinajstić information content (AvgIpc) is 3.26. The van der Waals surface area contributed by atoms with E-state index in [0.29, 0.717) is 19.3 Å². The zero-order valence-electron chi connectivity index (χ0n) is 39.1. The van der Waals surface area contributed by atoms with Crippen LogP contribution in [0, 0.1) is 0 Å². The van der Waals surface area contributed by atoms with E-state index in [-0.39, 0.29) is 12.8 Å². The van der Waals surface area contributed by atoms with Crippen LogP contribution < -0.4 is 0 Å². The fourth-order valence-corrected chi connectivity index (χ4v) is 8.45. The third-order valence-electron chi connectivity index (χ3n) is 11.5. The largest absolute Gasteiger partial charge is 0.472 e. The summed E-state index contributed by atoms with van der Waals surface area (Å²) in [5.41, 5.74) is 0. The molecular formula is C49H89O13P. The molecule has 1 aliphatic rings. The smallest absolute Gasteiger partial charge is 0.462 e. The van der Waals surface area contributed by atoms with Gasteiger partial charge in [0.2, 0.25) is 0 Å². The van der Waals surface area contributed by atoms with Crippen LogP contribution >= 0.6 is 7.82 Å². The summed E-state index contributed by atoms with van der Waals surface area (Å²) < 4.78 is 33.5. The van der Waals surface area contributed by atoms with Crippen molar-refractivity contribution in [1.29, 1.82) is 0 Å². The van der Waals surface area contributed by atoms with E-state index in [1.165, 1.54) is 122 Å². The highest BCUT2D eigenvalue weighted by Crippen LogP contribution is 2.47. The number of allylic oxidation sites excluding steroid dienone is 6. The lowest BCUT2D eigenvalue weighted by Crippen LogP contribution is -2.64. The second-order valence-electron chi connectivity index (χ2n) is 17.3. The van der Waals surface area contributed by atoms with Gasteiger partial charge in [-0.1, -0.05) is 185 Å². The quantitative estimate of drug-likeness (QED) is 0.0146. The Morgan fingerprint density at radius 2 is 0.873 bits per heavy atom. The van der Waals surface area contributed by atoms with Crippen LogP contribution in [0.4, 0.5) is 0 Å². The molecule has 6 unspecified atom stereocenters. The Balaban J connectivity index is 2.46. The summed E-state index contributed by atoms with van der Waals surface area (Å²) in [5.74, 6) is -1.15. The molecule has 13 nitrogen and oxygen atoms in total. The molecule has 8 atom stereocenters. The second kappa shape index (κ2) is 39.3. The molecule has 0 aromatic heterocycles. The highest BCUT2D eigenvalue weighted by molar-refractivity contribution is 7.47. The third-order valence-corrected chi connectivity index (χ3v) is 12.5. The van der Waals surface area contributed by atoms with Gasteiger partial charge in [-0.3, -0.25) is 18.6 Å². The topological polar surface area (TPSA) is 210 Å². The number of esters is 2. The number of ether oxygens (including phenoxy) is 2. The first-order valence-electron chi connectivity index (χ1n) is 24.8. The van der Waals surface area contributed by atoms with E-state index in [1.54, 1.807) is 0 Å². The Kier molecular flexibility index (Phi) is 36.8. The Hall–Kier alpha value is -1.93. The van der Waals surface area contributed by atoms with Crippen LogP contribution in [0.1, 0.15) is 206 Å². The predicted octanol–water partition coefficient (Wildman–Crippen LogP) is 10.2. The molecule has 1 aliphatic carbocycles. The molecule has 0 spiro atoms. The molecule has 6 N–H and O–H groups in total. The van der Waals surface area contributed by atoms with Gasteiger partial charge in [-0.05, 0) is 44.9 Å². The van der Waals surface area contributed by atoms with Crippen LogP contribution in [0.25, 0.3) is 0 Å². The lowest BCUT2D eigenvalue weighted by Gasteiger charge is -2.41. The van der Waals surface area contributed by atoms with Crippen molar-refractivity contribution in [3.05, 3.63) is 36.5 Å². The number of aliphatic hydroxyl groups excluding tert-OH is 5. The van der Waals surface area contributed by atoms with Gasteiger partial charge in [-0.15, -0.1) is 0 Å². The van der Waals surface area contributed by atoms with Crippen LogP contribution in [-0.2, 0) is 32.7 Å². The van der Waals surface area contributed by atoms with Gasteiger partial charge < -0.3 is 39.9 Å². The molecule has 0 heterocycles. The molecule has 1 saturated carbocycles. The molecule has 0 aliphatic heterocycles. The normalized spacial score (nSPS) is 22.0. The van der Waals surface area contributed by atoms with E-state index in [4.69, 9.17) is 18.5 Å². The summed E-state index contributed by atoms with van der Waals surface area (Å²) in [7, 11) is -5.13. The molecule has 0 aromatic rings. The molecule has 63 heavy (non-hydrogen) atoms. The molecule has 368 valence electrons. The molecule has 0 bridgehead atoms. The van der Waals surface area contributed by atoms with Crippen LogP contribution in [0.3, 0.4) is 0 Å². The zero-order valence-corrected chi connectivity index (χ0v) is 40.0. The first-order chi connectivity index (χ1) is 30.4. The van der Waals surface area contributed by atoms with Gasteiger partial charge in [0.15, 0.2) is 6.10 Å². The maximum absolute atomic E-state index is 12.8. The highest BCUT2D eigenvalue weighted by atomic mass is 31.2. The first-order valence-corrected chi connectivity index (χ1v) is 26.3. The van der Waals surface area contributed by atoms with E-state index >= 15 is 0 Å². The molecule has 0 aromatic carbocycles. The fourth-order valence-electron chi connectivity index (χ4n) is 7.48. The molecule has 0 saturated heterocycles. The highest BCUT2D eigenvalue weighted by Gasteiger charge is 2.51. The van der Waals surface area contributed by atoms with Crippen LogP contribution in [0.5, 0.6) is 0 Å². The number of unbranched alkanes of at least 4 members (excludes halogenated alkanes) is 23. The van der Waals surface area contributed by atoms with E-state index in [2.05, 4.69) is 38.2 Å². The van der Waals surface area contributed by atoms with E-state index < -0.39 is 75.7 Å². The number of phosphoric ester groups is 1. The minimum absolute atomic E-state index is 0.0269. The molecule has 1 fully saturated rings. The van der Waals surface area contributed by atoms with Crippen molar-refractivity contribution < 1.29 is 63.1 Å². The van der Waals surface area contributed by atoms with Crippen molar-refractivity contribution >= 4 is 19.8 Å². The number of carbonyl (C=O) groups excluding carboxylic acids is 2. The average molecular weight is 917 g/mol. The van der Waals surface area contributed by atoms with Gasteiger partial charge in [0.1, 0.15) is 43.2 Å². The Bertz CT molecular complexity index is 1240. The standard InChI is InChI=1S/C49H89O13P/c1-3-5-7-9-11-13-15-17-19-21-23-25-27-29-31-33-35-37-42(50)59-39-41(40-60-63(57,58)62-49-47(55)45(53)44(52)46(54)48(49)56)61-43(51)38-36-34-32-30-28-26-24-22-20-18-16-14-12-10-8-6-4-2/h18,20,24,26,30,32,41,44-49,52-56H,3-17,19,21-23,25,27-29,31,33-40H2,1-2H3,(H,57,58)/b20-18+,26-24+,32-30+/t41-,44?,45-,46?,47?,48?,49?/m0/s1. The molecule has 0 radical (unpaired) electrons. The lowest BCUT2D eigenvalue weighted by molar-refractivity contribution is -0.220. The monoisotopic (exact) mass is 917 g/mol. The second-order valence-corrected chi connectivity index (χ2v) is 18.7. The molecule has 0 amide bonds. The van der Waals surface area contributed by atoms with Gasteiger partial charge in [-0.2, -0.15) is 0 Å². The number of aliphatic hydroxyl groups is 5. The van der Waals surface area contributed by atoms with Gasteiger partial charge in [0.05, 0.1) is 6.61 Å². The van der Waals surface area contributed by atoms with Crippen LogP contribution in [-0.4, -0.2) is 98.3 Å². The van der Waals surface area contributed by atoms with Gasteiger partial charge in [-0.25, -0.2) is 4.57 Å². The summed E-state index contributed by atoms with van der Waals surface area (Å²) in [6, 6.07) is 0. The number of phosphoric acid groups is 1. The minimum Gasteiger partial charge on any atom is -0.462 e. The summed E-state index contributed by atoms with van der Waals surface area (Å²) >= 11 is 0. The maximum atomic E-state index is 12.8. The van der Waals surface area contributed by atoms with E-state index in [9.17, 15) is 44.6 Å². The summed E-state index contributed by atoms with van der Waals surface area (Å²) in [6.07, 6.45) is 32.0. The third kappa shape index (κ3) is 31.6. The first kappa shape index (κ1) is 59.1. The van der Waals surface area contributed by atoms with Gasteiger partial charge in [0.25, 0.3) is 0 Å². The number of rotatable bonds is 41. The maximum Gasteiger partial charge on any atom is 0.472 e. The Morgan fingerprint density at radius 3 is 1.35 bits per heavy atom. The van der Waals surface area contributed by atoms with Crippen molar-refractivity contribution in [1.82, 2.24) is 0 Å². The minimum atomic E-state index is -5.13. The fraction of sp³-hybridized carbons (Fsp3) is 0.837. The summed E-state index contributed by atoms with van der Waals surface area (Å²) in [6.45, 7) is 3.27. The van der Waals surface area contributed by atoms with Crippen molar-refractivity contribution in [2.75, 3.05) is 13.2 Å². The zero-order chi connectivity index (χ0) is 46.4. The number of hydrogen-bond acceptors (Lipinski definition) is 12. The van der Waals surface area contributed by atoms with Crippen LogP contribution in [0.2, 0.25) is 0 Å². The summed E-state index contributed by atoms with van der Waals surface area (Å²) in [5, 5.41) is 50.2. The number of hydrogen-bond donors (Lipinski definition) is 6.